The van der Waals surface area contributed by atoms with Gasteiger partial charge >= 0.3 is 11.8 Å². The van der Waals surface area contributed by atoms with Crippen molar-refractivity contribution < 1.29 is 9.59 Å². The Bertz CT molecular complexity index is 525. The van der Waals surface area contributed by atoms with Crippen molar-refractivity contribution in [1.82, 2.24) is 15.1 Å². The van der Waals surface area contributed by atoms with Gasteiger partial charge in [0.25, 0.3) is 0 Å². The van der Waals surface area contributed by atoms with Crippen LogP contribution in [0.1, 0.15) is 38.2 Å². The van der Waals surface area contributed by atoms with E-state index < -0.39 is 11.8 Å². The van der Waals surface area contributed by atoms with Gasteiger partial charge in [-0.1, -0.05) is 43.7 Å². The summed E-state index contributed by atoms with van der Waals surface area (Å²) in [5.74, 6) is -0.884. The summed E-state index contributed by atoms with van der Waals surface area (Å²) in [6.07, 6.45) is 3.72. The van der Waals surface area contributed by atoms with Crippen LogP contribution in [0, 0.1) is 0 Å². The maximum absolute atomic E-state index is 12.1. The van der Waals surface area contributed by atoms with Gasteiger partial charge in [-0.25, -0.2) is 0 Å². The molecule has 0 bridgehead atoms. The average molecular weight is 331 g/mol. The molecule has 1 aliphatic heterocycles. The topological polar surface area (TPSA) is 52.7 Å². The van der Waals surface area contributed by atoms with Crippen LogP contribution in [0.5, 0.6) is 0 Å². The van der Waals surface area contributed by atoms with Crippen LogP contribution < -0.4 is 5.32 Å². The maximum atomic E-state index is 12.1. The lowest BCUT2D eigenvalue weighted by atomic mass is 10.0. The van der Waals surface area contributed by atoms with Crippen molar-refractivity contribution in [1.29, 1.82) is 0 Å². The second-order valence-corrected chi connectivity index (χ2v) is 6.59. The zero-order valence-corrected chi connectivity index (χ0v) is 14.8. The highest BCUT2D eigenvalue weighted by atomic mass is 16.2. The van der Waals surface area contributed by atoms with Gasteiger partial charge in [0.2, 0.25) is 0 Å². The predicted molar refractivity (Wildman–Crippen MR) is 95.4 cm³/mol. The Morgan fingerprint density at radius 3 is 2.50 bits per heavy atom. The first-order valence-electron chi connectivity index (χ1n) is 8.92. The molecule has 0 atom stereocenters. The number of benzene rings is 1. The number of rotatable bonds is 6. The van der Waals surface area contributed by atoms with Gasteiger partial charge in [0.05, 0.1) is 0 Å². The Morgan fingerprint density at radius 2 is 1.88 bits per heavy atom. The molecule has 2 rings (SSSR count). The number of amides is 2. The van der Waals surface area contributed by atoms with Gasteiger partial charge in [-0.2, -0.15) is 0 Å². The van der Waals surface area contributed by atoms with Crippen LogP contribution in [0.3, 0.4) is 0 Å². The fourth-order valence-corrected chi connectivity index (χ4v) is 2.99. The maximum Gasteiger partial charge on any atom is 0.311 e. The molecule has 0 saturated carbocycles. The highest BCUT2D eigenvalue weighted by Crippen LogP contribution is 2.14. The normalized spacial score (nSPS) is 15.9. The van der Waals surface area contributed by atoms with E-state index in [1.807, 2.05) is 6.07 Å². The third-order valence-corrected chi connectivity index (χ3v) is 4.56. The molecular weight excluding hydrogens is 302 g/mol. The summed E-state index contributed by atoms with van der Waals surface area (Å²) < 4.78 is 0. The molecule has 1 saturated heterocycles. The van der Waals surface area contributed by atoms with Crippen LogP contribution >= 0.6 is 0 Å². The lowest BCUT2D eigenvalue weighted by Gasteiger charge is -2.32. The Balaban J connectivity index is 1.72. The van der Waals surface area contributed by atoms with Crippen molar-refractivity contribution in [3.8, 4) is 0 Å². The molecule has 1 heterocycles. The molecule has 0 unspecified atom stereocenters. The number of nitrogens with zero attached hydrogens (tertiary/aromatic N) is 2. The first-order valence-corrected chi connectivity index (χ1v) is 8.92. The average Bonchev–Trinajstić information content (AvgIpc) is 2.61. The van der Waals surface area contributed by atoms with Crippen LogP contribution in [0.2, 0.25) is 0 Å². The summed E-state index contributed by atoms with van der Waals surface area (Å²) in [4.78, 5) is 28.0. The van der Waals surface area contributed by atoms with E-state index in [-0.39, 0.29) is 6.04 Å². The highest BCUT2D eigenvalue weighted by Gasteiger charge is 2.25. The second kappa shape index (κ2) is 9.42. The van der Waals surface area contributed by atoms with E-state index >= 15 is 0 Å². The van der Waals surface area contributed by atoms with Crippen molar-refractivity contribution in [2.24, 2.45) is 0 Å². The van der Waals surface area contributed by atoms with E-state index in [1.165, 1.54) is 10.5 Å². The summed E-state index contributed by atoms with van der Waals surface area (Å²) >= 11 is 0. The highest BCUT2D eigenvalue weighted by molar-refractivity contribution is 6.35. The van der Waals surface area contributed by atoms with Gasteiger partial charge in [0.15, 0.2) is 0 Å². The van der Waals surface area contributed by atoms with Crippen molar-refractivity contribution in [2.75, 3.05) is 26.7 Å². The van der Waals surface area contributed by atoms with Crippen molar-refractivity contribution in [2.45, 2.75) is 45.2 Å². The van der Waals surface area contributed by atoms with Gasteiger partial charge < -0.3 is 10.2 Å². The molecule has 132 valence electrons. The summed E-state index contributed by atoms with van der Waals surface area (Å²) in [6, 6.07) is 10.5. The standard InChI is InChI=1S/C19H29N3O2/c1-3-4-12-21(2)19(24)18(23)20-17-10-13-22(14-11-17)15-16-8-6-5-7-9-16/h5-9,17H,3-4,10-15H2,1-2H3,(H,20,23). The van der Waals surface area contributed by atoms with Crippen LogP contribution in [0.15, 0.2) is 30.3 Å². The summed E-state index contributed by atoms with van der Waals surface area (Å²) in [5, 5.41) is 2.90. The van der Waals surface area contributed by atoms with Crippen LogP contribution in [-0.2, 0) is 16.1 Å². The van der Waals surface area contributed by atoms with E-state index in [4.69, 9.17) is 0 Å². The van der Waals surface area contributed by atoms with E-state index in [1.54, 1.807) is 7.05 Å². The molecule has 0 radical (unpaired) electrons. The van der Waals surface area contributed by atoms with E-state index in [9.17, 15) is 9.59 Å². The van der Waals surface area contributed by atoms with Gasteiger partial charge in [0, 0.05) is 39.3 Å². The molecule has 1 fully saturated rings. The lowest BCUT2D eigenvalue weighted by molar-refractivity contribution is -0.145. The molecule has 2 amide bonds. The SMILES string of the molecule is CCCCN(C)C(=O)C(=O)NC1CCN(Cc2ccccc2)CC1. The molecule has 0 aromatic heterocycles. The van der Waals surface area contributed by atoms with Crippen LogP contribution in [-0.4, -0.2) is 54.3 Å². The zero-order valence-electron chi connectivity index (χ0n) is 14.8. The molecule has 1 aromatic rings. The summed E-state index contributed by atoms with van der Waals surface area (Å²) in [6.45, 7) is 5.54. The van der Waals surface area contributed by atoms with E-state index in [0.717, 1.165) is 45.3 Å². The Kier molecular flexibility index (Phi) is 7.25. The largest absolute Gasteiger partial charge is 0.345 e. The molecule has 0 aliphatic carbocycles. The molecule has 24 heavy (non-hydrogen) atoms. The molecule has 5 heteroatoms. The van der Waals surface area contributed by atoms with Crippen molar-refractivity contribution in [3.05, 3.63) is 35.9 Å². The van der Waals surface area contributed by atoms with Crippen molar-refractivity contribution >= 4 is 11.8 Å². The third-order valence-electron chi connectivity index (χ3n) is 4.56. The van der Waals surface area contributed by atoms with E-state index in [2.05, 4.69) is 41.4 Å². The monoisotopic (exact) mass is 331 g/mol. The number of carbonyl (C=O) groups is 2. The summed E-state index contributed by atoms with van der Waals surface area (Å²) in [5.41, 5.74) is 1.31. The van der Waals surface area contributed by atoms with E-state index in [0.29, 0.717) is 6.54 Å². The minimum Gasteiger partial charge on any atom is -0.345 e. The van der Waals surface area contributed by atoms with Gasteiger partial charge in [0.1, 0.15) is 0 Å². The molecule has 1 aliphatic rings. The van der Waals surface area contributed by atoms with Gasteiger partial charge in [-0.05, 0) is 24.8 Å². The van der Waals surface area contributed by atoms with Gasteiger partial charge in [-0.15, -0.1) is 0 Å². The molecule has 5 nitrogen and oxygen atoms in total. The minimum atomic E-state index is -0.463. The first kappa shape index (κ1) is 18.5. The minimum absolute atomic E-state index is 0.105. The fourth-order valence-electron chi connectivity index (χ4n) is 2.99. The second-order valence-electron chi connectivity index (χ2n) is 6.59. The quantitative estimate of drug-likeness (QED) is 0.812. The lowest BCUT2D eigenvalue weighted by Crippen LogP contribution is -2.49. The zero-order chi connectivity index (χ0) is 17.4. The molecular formula is C19H29N3O2. The van der Waals surface area contributed by atoms with Crippen LogP contribution in [0.25, 0.3) is 0 Å². The Morgan fingerprint density at radius 1 is 1.21 bits per heavy atom. The third kappa shape index (κ3) is 5.64. The Hall–Kier alpha value is -1.88. The Labute approximate surface area is 145 Å². The number of hydrogen-bond acceptors (Lipinski definition) is 3. The fraction of sp³-hybridized carbons (Fsp3) is 0.579. The molecule has 1 N–H and O–H groups in total. The smallest absolute Gasteiger partial charge is 0.311 e. The van der Waals surface area contributed by atoms with Gasteiger partial charge in [-0.3, -0.25) is 14.5 Å². The number of likely N-dealkylation sites (N-methyl/N-ethyl adjacent to an activating group) is 1. The number of piperidine rings is 1. The molecule has 1 aromatic carbocycles. The number of nitrogens with one attached hydrogen (secondary N) is 1. The molecule has 0 spiro atoms. The number of likely N-dealkylation sites (tertiary alicyclic amines) is 1. The summed E-state index contributed by atoms with van der Waals surface area (Å²) in [7, 11) is 1.69. The van der Waals surface area contributed by atoms with Crippen molar-refractivity contribution in [3.63, 3.8) is 0 Å². The number of unbranched alkanes of at least 4 members (excludes halogenated alkanes) is 1. The predicted octanol–water partition coefficient (Wildman–Crippen LogP) is 2.03. The van der Waals surface area contributed by atoms with Crippen LogP contribution in [0.4, 0.5) is 0 Å². The first-order chi connectivity index (χ1) is 11.6. The number of carbonyl (C=O) groups excluding carboxylic acids is 2. The number of hydrogen-bond donors (Lipinski definition) is 1.